The zero-order valence-corrected chi connectivity index (χ0v) is 12.6. The van der Waals surface area contributed by atoms with Crippen molar-refractivity contribution >= 4 is 0 Å². The highest BCUT2D eigenvalue weighted by Crippen LogP contribution is 2.47. The summed E-state index contributed by atoms with van der Waals surface area (Å²) < 4.78 is 6.25. The van der Waals surface area contributed by atoms with E-state index in [0.29, 0.717) is 6.42 Å². The van der Waals surface area contributed by atoms with E-state index in [4.69, 9.17) is 4.74 Å². The average molecular weight is 282 g/mol. The van der Waals surface area contributed by atoms with Gasteiger partial charge in [-0.25, -0.2) is 0 Å². The monoisotopic (exact) mass is 282 g/mol. The van der Waals surface area contributed by atoms with Crippen LogP contribution in [0.15, 0.2) is 54.6 Å². The molecule has 3 unspecified atom stereocenters. The number of aliphatic hydroxyl groups is 1. The normalized spacial score (nSPS) is 28.0. The van der Waals surface area contributed by atoms with Crippen molar-refractivity contribution in [2.45, 2.75) is 38.9 Å². The van der Waals surface area contributed by atoms with Crippen molar-refractivity contribution in [2.24, 2.45) is 5.41 Å². The van der Waals surface area contributed by atoms with Crippen molar-refractivity contribution in [1.29, 1.82) is 0 Å². The molecule has 110 valence electrons. The Kier molecular flexibility index (Phi) is 3.73. The second-order valence-corrected chi connectivity index (χ2v) is 6.08. The van der Waals surface area contributed by atoms with Gasteiger partial charge in [-0.15, -0.1) is 0 Å². The molecule has 2 aromatic carbocycles. The van der Waals surface area contributed by atoms with E-state index in [2.05, 4.69) is 32.0 Å². The van der Waals surface area contributed by atoms with Gasteiger partial charge in [-0.1, -0.05) is 62.4 Å². The molecule has 0 radical (unpaired) electrons. The average Bonchev–Trinajstić information content (AvgIpc) is 2.55. The van der Waals surface area contributed by atoms with Gasteiger partial charge in [-0.3, -0.25) is 0 Å². The van der Waals surface area contributed by atoms with E-state index in [1.165, 1.54) is 0 Å². The zero-order chi connectivity index (χ0) is 14.9. The lowest BCUT2D eigenvalue weighted by molar-refractivity contribution is -0.146. The highest BCUT2D eigenvalue weighted by atomic mass is 16.5. The van der Waals surface area contributed by atoms with Crippen LogP contribution in [0, 0.1) is 5.41 Å². The second kappa shape index (κ2) is 5.53. The van der Waals surface area contributed by atoms with Crippen molar-refractivity contribution in [3.05, 3.63) is 54.6 Å². The third-order valence-corrected chi connectivity index (χ3v) is 4.94. The fourth-order valence-electron chi connectivity index (χ4n) is 3.02. The number of rotatable bonds is 4. The summed E-state index contributed by atoms with van der Waals surface area (Å²) in [4.78, 5) is 0. The molecule has 0 aromatic heterocycles. The third kappa shape index (κ3) is 2.44. The maximum absolute atomic E-state index is 10.0. The first-order valence-electron chi connectivity index (χ1n) is 7.64. The van der Waals surface area contributed by atoms with Gasteiger partial charge in [0.2, 0.25) is 0 Å². The van der Waals surface area contributed by atoms with Gasteiger partial charge < -0.3 is 9.84 Å². The first kappa shape index (κ1) is 14.2. The highest BCUT2D eigenvalue weighted by molar-refractivity contribution is 5.70. The largest absolute Gasteiger partial charge is 0.489 e. The number of benzene rings is 2. The fraction of sp³-hybridized carbons (Fsp3) is 0.368. The molecular formula is C19H22O2. The minimum Gasteiger partial charge on any atom is -0.489 e. The minimum absolute atomic E-state index is 0.0855. The minimum atomic E-state index is -0.253. The molecule has 1 aliphatic rings. The van der Waals surface area contributed by atoms with Gasteiger partial charge in [0.15, 0.2) is 0 Å². The molecule has 0 amide bonds. The molecule has 2 aromatic rings. The van der Waals surface area contributed by atoms with Crippen LogP contribution in [0.4, 0.5) is 0 Å². The van der Waals surface area contributed by atoms with Gasteiger partial charge in [0, 0.05) is 17.4 Å². The van der Waals surface area contributed by atoms with Gasteiger partial charge in [-0.05, 0) is 18.1 Å². The van der Waals surface area contributed by atoms with Crippen LogP contribution < -0.4 is 4.74 Å². The van der Waals surface area contributed by atoms with Crippen molar-refractivity contribution in [2.75, 3.05) is 0 Å². The standard InChI is InChI=1S/C19H22O2/c1-3-19(2)17(20)13-18(19)21-16-12-8-7-11-15(16)14-9-5-4-6-10-14/h4-12,17-18,20H,3,13H2,1-2H3. The summed E-state index contributed by atoms with van der Waals surface area (Å²) >= 11 is 0. The number of para-hydroxylation sites is 1. The van der Waals surface area contributed by atoms with Crippen LogP contribution in [0.5, 0.6) is 5.75 Å². The molecule has 1 saturated carbocycles. The van der Waals surface area contributed by atoms with E-state index >= 15 is 0 Å². The zero-order valence-electron chi connectivity index (χ0n) is 12.6. The smallest absolute Gasteiger partial charge is 0.127 e. The lowest BCUT2D eigenvalue weighted by Crippen LogP contribution is -2.57. The number of ether oxygens (including phenoxy) is 1. The number of aliphatic hydroxyl groups excluding tert-OH is 1. The van der Waals surface area contributed by atoms with Gasteiger partial charge >= 0.3 is 0 Å². The van der Waals surface area contributed by atoms with Crippen LogP contribution in [-0.4, -0.2) is 17.3 Å². The Labute approximate surface area is 126 Å². The Balaban J connectivity index is 1.88. The molecule has 1 aliphatic carbocycles. The van der Waals surface area contributed by atoms with E-state index in [9.17, 15) is 5.11 Å². The molecule has 2 heteroatoms. The molecule has 0 spiro atoms. The van der Waals surface area contributed by atoms with E-state index in [-0.39, 0.29) is 17.6 Å². The van der Waals surface area contributed by atoms with Crippen molar-refractivity contribution in [1.82, 2.24) is 0 Å². The first-order chi connectivity index (χ1) is 10.1. The van der Waals surface area contributed by atoms with Gasteiger partial charge in [0.05, 0.1) is 6.10 Å². The summed E-state index contributed by atoms with van der Waals surface area (Å²) in [5.74, 6) is 0.903. The van der Waals surface area contributed by atoms with Crippen LogP contribution >= 0.6 is 0 Å². The van der Waals surface area contributed by atoms with E-state index in [1.807, 2.05) is 36.4 Å². The molecule has 21 heavy (non-hydrogen) atoms. The molecular weight excluding hydrogens is 260 g/mol. The molecule has 0 heterocycles. The van der Waals surface area contributed by atoms with Gasteiger partial charge in [0.25, 0.3) is 0 Å². The molecule has 0 bridgehead atoms. The van der Waals surface area contributed by atoms with Crippen LogP contribution in [0.25, 0.3) is 11.1 Å². The Hall–Kier alpha value is -1.80. The van der Waals surface area contributed by atoms with Crippen LogP contribution in [0.1, 0.15) is 26.7 Å². The summed E-state index contributed by atoms with van der Waals surface area (Å²) in [5, 5.41) is 10.0. The lowest BCUT2D eigenvalue weighted by atomic mass is 9.63. The van der Waals surface area contributed by atoms with Crippen LogP contribution in [-0.2, 0) is 0 Å². The Morgan fingerprint density at radius 2 is 1.76 bits per heavy atom. The predicted molar refractivity (Wildman–Crippen MR) is 85.3 cm³/mol. The lowest BCUT2D eigenvalue weighted by Gasteiger charge is -2.50. The van der Waals surface area contributed by atoms with Crippen molar-refractivity contribution in [3.8, 4) is 16.9 Å². The molecule has 0 aliphatic heterocycles. The predicted octanol–water partition coefficient (Wildman–Crippen LogP) is 4.28. The SMILES string of the molecule is CCC1(C)C(O)CC1Oc1ccccc1-c1ccccc1. The van der Waals surface area contributed by atoms with E-state index in [0.717, 1.165) is 23.3 Å². The molecule has 0 saturated heterocycles. The van der Waals surface area contributed by atoms with Crippen LogP contribution in [0.3, 0.4) is 0 Å². The van der Waals surface area contributed by atoms with Gasteiger partial charge in [0.1, 0.15) is 11.9 Å². The van der Waals surface area contributed by atoms with Crippen molar-refractivity contribution < 1.29 is 9.84 Å². The van der Waals surface area contributed by atoms with Crippen molar-refractivity contribution in [3.63, 3.8) is 0 Å². The molecule has 3 atom stereocenters. The summed E-state index contributed by atoms with van der Waals surface area (Å²) in [5.41, 5.74) is 2.13. The Bertz CT molecular complexity index is 608. The molecule has 1 fully saturated rings. The third-order valence-electron chi connectivity index (χ3n) is 4.94. The summed E-state index contributed by atoms with van der Waals surface area (Å²) in [6, 6.07) is 18.4. The first-order valence-corrected chi connectivity index (χ1v) is 7.64. The maximum atomic E-state index is 10.0. The summed E-state index contributed by atoms with van der Waals surface area (Å²) in [6.07, 6.45) is 1.47. The fourth-order valence-corrected chi connectivity index (χ4v) is 3.02. The van der Waals surface area contributed by atoms with E-state index in [1.54, 1.807) is 0 Å². The van der Waals surface area contributed by atoms with Crippen LogP contribution in [0.2, 0.25) is 0 Å². The number of hydrogen-bond donors (Lipinski definition) is 1. The summed E-state index contributed by atoms with van der Waals surface area (Å²) in [7, 11) is 0. The molecule has 3 rings (SSSR count). The molecule has 1 N–H and O–H groups in total. The topological polar surface area (TPSA) is 29.5 Å². The quantitative estimate of drug-likeness (QED) is 0.907. The Morgan fingerprint density at radius 3 is 2.43 bits per heavy atom. The van der Waals surface area contributed by atoms with Gasteiger partial charge in [-0.2, -0.15) is 0 Å². The number of hydrogen-bond acceptors (Lipinski definition) is 2. The van der Waals surface area contributed by atoms with E-state index < -0.39 is 0 Å². The summed E-state index contributed by atoms with van der Waals surface area (Å²) in [6.45, 7) is 4.22. The Morgan fingerprint density at radius 1 is 1.10 bits per heavy atom. The maximum Gasteiger partial charge on any atom is 0.127 e. The second-order valence-electron chi connectivity index (χ2n) is 6.08. The highest BCUT2D eigenvalue weighted by Gasteiger charge is 2.51. The molecule has 2 nitrogen and oxygen atoms in total.